The number of benzene rings is 1. The van der Waals surface area contributed by atoms with Crippen LogP contribution >= 0.6 is 0 Å². The average Bonchev–Trinajstić information content (AvgIpc) is 3.18. The summed E-state index contributed by atoms with van der Waals surface area (Å²) in [6.45, 7) is 4.33. The van der Waals surface area contributed by atoms with Gasteiger partial charge in [-0.2, -0.15) is 5.10 Å². The van der Waals surface area contributed by atoms with Gasteiger partial charge in [0.1, 0.15) is 11.5 Å². The number of ether oxygens (including phenoxy) is 1. The second kappa shape index (κ2) is 10.8. The Morgan fingerprint density at radius 1 is 1.07 bits per heavy atom. The summed E-state index contributed by atoms with van der Waals surface area (Å²) >= 11 is 0. The van der Waals surface area contributed by atoms with Gasteiger partial charge in [0.15, 0.2) is 0 Å². The summed E-state index contributed by atoms with van der Waals surface area (Å²) in [5.74, 6) is 1.10. The van der Waals surface area contributed by atoms with Crippen molar-refractivity contribution in [2.45, 2.75) is 39.5 Å². The lowest BCUT2D eigenvalue weighted by atomic mass is 10.2. The van der Waals surface area contributed by atoms with Crippen LogP contribution in [0, 0.1) is 0 Å². The third-order valence-electron chi connectivity index (χ3n) is 3.71. The number of carbonyl (C=O) groups excluding carboxylic acids is 2. The monoisotopic (exact) mass is 371 g/mol. The zero-order chi connectivity index (χ0) is 19.5. The molecule has 0 aliphatic heterocycles. The fourth-order valence-electron chi connectivity index (χ4n) is 2.28. The second-order valence-electron chi connectivity index (χ2n) is 5.97. The number of nitrogens with one attached hydrogen (secondary N) is 2. The first-order valence-electron chi connectivity index (χ1n) is 8.94. The van der Waals surface area contributed by atoms with E-state index in [0.29, 0.717) is 18.7 Å². The standard InChI is InChI=1S/C20H25N3O4/c1-3-26-18-10-7-16(8-11-18)21-19(24)12-13-20(25)23-22-15(2)6-9-17-5-4-14-27-17/h4-5,7-8,10-11,14H,3,6,9,12-13H2,1-2H3,(H,21,24)(H,23,25). The lowest BCUT2D eigenvalue weighted by molar-refractivity contribution is -0.124. The molecule has 144 valence electrons. The number of hydrazone groups is 1. The van der Waals surface area contributed by atoms with Gasteiger partial charge >= 0.3 is 0 Å². The molecule has 1 heterocycles. The van der Waals surface area contributed by atoms with Crippen LogP contribution in [0.25, 0.3) is 0 Å². The SMILES string of the molecule is CCOc1ccc(NC(=O)CCC(=O)NN=C(C)CCc2ccco2)cc1. The number of hydrogen-bond donors (Lipinski definition) is 2. The van der Waals surface area contributed by atoms with Crippen LogP contribution in [0.15, 0.2) is 52.2 Å². The van der Waals surface area contributed by atoms with Gasteiger partial charge < -0.3 is 14.5 Å². The van der Waals surface area contributed by atoms with Gasteiger partial charge in [-0.05, 0) is 56.7 Å². The summed E-state index contributed by atoms with van der Waals surface area (Å²) in [6, 6.07) is 10.8. The number of rotatable bonds is 10. The summed E-state index contributed by atoms with van der Waals surface area (Å²) < 4.78 is 10.6. The van der Waals surface area contributed by atoms with Crippen LogP contribution in [0.3, 0.4) is 0 Å². The lowest BCUT2D eigenvalue weighted by Gasteiger charge is -2.07. The maximum Gasteiger partial charge on any atom is 0.240 e. The van der Waals surface area contributed by atoms with E-state index in [4.69, 9.17) is 9.15 Å². The highest BCUT2D eigenvalue weighted by Crippen LogP contribution is 2.15. The molecule has 0 spiro atoms. The molecule has 0 aliphatic rings. The van der Waals surface area contributed by atoms with Crippen LogP contribution in [0.5, 0.6) is 5.75 Å². The molecular weight excluding hydrogens is 346 g/mol. The van der Waals surface area contributed by atoms with Crippen molar-refractivity contribution in [2.75, 3.05) is 11.9 Å². The molecule has 0 saturated heterocycles. The van der Waals surface area contributed by atoms with Gasteiger partial charge in [-0.3, -0.25) is 9.59 Å². The van der Waals surface area contributed by atoms with Gasteiger partial charge in [0.05, 0.1) is 12.9 Å². The molecule has 2 rings (SSSR count). The van der Waals surface area contributed by atoms with E-state index in [1.165, 1.54) is 0 Å². The molecule has 2 aromatic rings. The predicted molar refractivity (Wildman–Crippen MR) is 104 cm³/mol. The average molecular weight is 371 g/mol. The van der Waals surface area contributed by atoms with Crippen LogP contribution < -0.4 is 15.5 Å². The number of anilines is 1. The first-order valence-corrected chi connectivity index (χ1v) is 8.94. The minimum atomic E-state index is -0.297. The van der Waals surface area contributed by atoms with Crippen molar-refractivity contribution in [3.63, 3.8) is 0 Å². The van der Waals surface area contributed by atoms with Gasteiger partial charge in [-0.15, -0.1) is 0 Å². The van der Waals surface area contributed by atoms with Gasteiger partial charge in [0.2, 0.25) is 11.8 Å². The smallest absolute Gasteiger partial charge is 0.240 e. The molecule has 1 aromatic carbocycles. The summed E-state index contributed by atoms with van der Waals surface area (Å²) in [5.41, 5.74) is 3.93. The quantitative estimate of drug-likeness (QED) is 0.494. The van der Waals surface area contributed by atoms with Gasteiger partial charge in [-0.1, -0.05) is 0 Å². The lowest BCUT2D eigenvalue weighted by Crippen LogP contribution is -2.21. The third kappa shape index (κ3) is 7.77. The number of amides is 2. The fraction of sp³-hybridized carbons (Fsp3) is 0.350. The molecule has 7 heteroatoms. The third-order valence-corrected chi connectivity index (χ3v) is 3.71. The van der Waals surface area contributed by atoms with E-state index in [0.717, 1.165) is 23.6 Å². The van der Waals surface area contributed by atoms with E-state index in [-0.39, 0.29) is 24.7 Å². The number of aryl methyl sites for hydroxylation is 1. The Morgan fingerprint density at radius 3 is 2.48 bits per heavy atom. The molecule has 27 heavy (non-hydrogen) atoms. The molecule has 2 amide bonds. The molecule has 7 nitrogen and oxygen atoms in total. The molecule has 0 unspecified atom stereocenters. The minimum Gasteiger partial charge on any atom is -0.494 e. The molecule has 1 aromatic heterocycles. The topological polar surface area (TPSA) is 92.9 Å². The highest BCUT2D eigenvalue weighted by molar-refractivity contribution is 5.93. The van der Waals surface area contributed by atoms with Crippen LogP contribution in [-0.2, 0) is 16.0 Å². The van der Waals surface area contributed by atoms with Gasteiger partial charge in [0, 0.05) is 30.7 Å². The summed E-state index contributed by atoms with van der Waals surface area (Å²) in [6.07, 6.45) is 3.19. The van der Waals surface area contributed by atoms with Gasteiger partial charge in [-0.25, -0.2) is 5.43 Å². The van der Waals surface area contributed by atoms with Gasteiger partial charge in [0.25, 0.3) is 0 Å². The number of nitrogens with zero attached hydrogens (tertiary/aromatic N) is 1. The largest absolute Gasteiger partial charge is 0.494 e. The maximum absolute atomic E-state index is 11.9. The normalized spacial score (nSPS) is 11.1. The summed E-state index contributed by atoms with van der Waals surface area (Å²) in [4.78, 5) is 23.8. The van der Waals surface area contributed by atoms with E-state index in [1.807, 2.05) is 26.0 Å². The first-order chi connectivity index (χ1) is 13.1. The van der Waals surface area contributed by atoms with Crippen molar-refractivity contribution in [1.82, 2.24) is 5.43 Å². The first kappa shape index (κ1) is 20.2. The van der Waals surface area contributed by atoms with Crippen molar-refractivity contribution in [3.8, 4) is 5.75 Å². The highest BCUT2D eigenvalue weighted by atomic mass is 16.5. The zero-order valence-corrected chi connectivity index (χ0v) is 15.7. The van der Waals surface area contributed by atoms with Crippen molar-refractivity contribution in [3.05, 3.63) is 48.4 Å². The molecule has 0 saturated carbocycles. The Bertz CT molecular complexity index is 752. The van der Waals surface area contributed by atoms with E-state index < -0.39 is 0 Å². The highest BCUT2D eigenvalue weighted by Gasteiger charge is 2.07. The maximum atomic E-state index is 11.9. The Morgan fingerprint density at radius 2 is 1.81 bits per heavy atom. The minimum absolute atomic E-state index is 0.0673. The second-order valence-corrected chi connectivity index (χ2v) is 5.97. The molecule has 0 bridgehead atoms. The molecule has 2 N–H and O–H groups in total. The van der Waals surface area contributed by atoms with E-state index >= 15 is 0 Å². The Hall–Kier alpha value is -3.09. The van der Waals surface area contributed by atoms with E-state index in [1.54, 1.807) is 30.5 Å². The molecule has 0 aliphatic carbocycles. The summed E-state index contributed by atoms with van der Waals surface area (Å²) in [7, 11) is 0. The van der Waals surface area contributed by atoms with Crippen molar-refractivity contribution in [1.29, 1.82) is 0 Å². The van der Waals surface area contributed by atoms with Crippen LogP contribution in [-0.4, -0.2) is 24.1 Å². The number of carbonyl (C=O) groups is 2. The van der Waals surface area contributed by atoms with Crippen molar-refractivity contribution < 1.29 is 18.7 Å². The Labute approximate surface area is 158 Å². The van der Waals surface area contributed by atoms with E-state index in [9.17, 15) is 9.59 Å². The zero-order valence-electron chi connectivity index (χ0n) is 15.7. The van der Waals surface area contributed by atoms with Crippen molar-refractivity contribution >= 4 is 23.2 Å². The van der Waals surface area contributed by atoms with Crippen LogP contribution in [0.1, 0.15) is 38.9 Å². The molecule has 0 atom stereocenters. The van der Waals surface area contributed by atoms with E-state index in [2.05, 4.69) is 15.8 Å². The fourth-order valence-corrected chi connectivity index (χ4v) is 2.28. The van der Waals surface area contributed by atoms with Crippen LogP contribution in [0.4, 0.5) is 5.69 Å². The Balaban J connectivity index is 1.66. The number of hydrogen-bond acceptors (Lipinski definition) is 5. The molecule has 0 fully saturated rings. The Kier molecular flexibility index (Phi) is 8.09. The van der Waals surface area contributed by atoms with Crippen LogP contribution in [0.2, 0.25) is 0 Å². The predicted octanol–water partition coefficient (Wildman–Crippen LogP) is 3.52. The number of furan rings is 1. The summed E-state index contributed by atoms with van der Waals surface area (Å²) in [5, 5.41) is 6.79. The van der Waals surface area contributed by atoms with Crippen molar-refractivity contribution in [2.24, 2.45) is 5.10 Å². The molecule has 0 radical (unpaired) electrons. The molecular formula is C20H25N3O4.